The van der Waals surface area contributed by atoms with E-state index >= 15 is 0 Å². The zero-order valence-corrected chi connectivity index (χ0v) is 11.1. The molecule has 2 nitrogen and oxygen atoms in total. The lowest BCUT2D eigenvalue weighted by Crippen LogP contribution is -2.37. The zero-order chi connectivity index (χ0) is 12.1. The van der Waals surface area contributed by atoms with Crippen LogP contribution in [-0.2, 0) is 6.42 Å². The quantitative estimate of drug-likeness (QED) is 0.768. The predicted octanol–water partition coefficient (Wildman–Crippen LogP) is 2.26. The van der Waals surface area contributed by atoms with Crippen molar-refractivity contribution in [2.75, 3.05) is 33.7 Å². The number of likely N-dealkylation sites (N-methyl/N-ethyl adjacent to an activating group) is 2. The van der Waals surface area contributed by atoms with Crippen molar-refractivity contribution in [3.05, 3.63) is 35.9 Å². The van der Waals surface area contributed by atoms with Crippen molar-refractivity contribution in [1.82, 2.24) is 9.80 Å². The zero-order valence-electron chi connectivity index (χ0n) is 11.1. The van der Waals surface area contributed by atoms with Crippen molar-refractivity contribution in [1.29, 1.82) is 0 Å². The Morgan fingerprint density at radius 2 is 2.06 bits per heavy atom. The molecule has 0 radical (unpaired) electrons. The highest BCUT2D eigenvalue weighted by Gasteiger charge is 2.21. The molecule has 1 aliphatic heterocycles. The van der Waals surface area contributed by atoms with Crippen LogP contribution in [0.2, 0.25) is 0 Å². The monoisotopic (exact) mass is 232 g/mol. The predicted molar refractivity (Wildman–Crippen MR) is 73.3 cm³/mol. The van der Waals surface area contributed by atoms with Gasteiger partial charge < -0.3 is 9.80 Å². The topological polar surface area (TPSA) is 6.48 Å². The number of rotatable bonds is 5. The van der Waals surface area contributed by atoms with Gasteiger partial charge >= 0.3 is 0 Å². The van der Waals surface area contributed by atoms with Crippen LogP contribution in [0.1, 0.15) is 18.4 Å². The first-order valence-corrected chi connectivity index (χ1v) is 6.68. The highest BCUT2D eigenvalue weighted by atomic mass is 15.2. The van der Waals surface area contributed by atoms with Gasteiger partial charge in [-0.25, -0.2) is 0 Å². The molecule has 0 saturated carbocycles. The van der Waals surface area contributed by atoms with Crippen LogP contribution in [0.15, 0.2) is 30.3 Å². The molecular formula is C15H24N2. The third kappa shape index (κ3) is 3.83. The van der Waals surface area contributed by atoms with Gasteiger partial charge in [0.2, 0.25) is 0 Å². The smallest absolute Gasteiger partial charge is 0.0220 e. The van der Waals surface area contributed by atoms with Gasteiger partial charge in [0, 0.05) is 19.1 Å². The number of nitrogens with zero attached hydrogens (tertiary/aromatic N) is 2. The van der Waals surface area contributed by atoms with Crippen LogP contribution in [0.5, 0.6) is 0 Å². The van der Waals surface area contributed by atoms with Crippen molar-refractivity contribution < 1.29 is 0 Å². The molecule has 17 heavy (non-hydrogen) atoms. The molecule has 94 valence electrons. The van der Waals surface area contributed by atoms with E-state index in [0.29, 0.717) is 0 Å². The summed E-state index contributed by atoms with van der Waals surface area (Å²) in [5, 5.41) is 0. The van der Waals surface area contributed by atoms with Gasteiger partial charge in [-0.15, -0.1) is 0 Å². The standard InChI is InChI=1S/C15H24N2/c1-16(13-15-9-6-11-17(15)2)12-10-14-7-4-3-5-8-14/h3-5,7-8,15H,6,9-13H2,1-2H3/t15-/m0/s1. The van der Waals surface area contributed by atoms with Crippen LogP contribution in [-0.4, -0.2) is 49.6 Å². The van der Waals surface area contributed by atoms with Crippen LogP contribution < -0.4 is 0 Å². The molecule has 1 atom stereocenters. The molecule has 2 rings (SSSR count). The molecule has 0 N–H and O–H groups in total. The van der Waals surface area contributed by atoms with Crippen molar-refractivity contribution in [3.63, 3.8) is 0 Å². The average molecular weight is 232 g/mol. The van der Waals surface area contributed by atoms with Crippen LogP contribution >= 0.6 is 0 Å². The Labute approximate surface area is 105 Å². The molecule has 0 aliphatic carbocycles. The molecule has 1 heterocycles. The number of hydrogen-bond acceptors (Lipinski definition) is 2. The highest BCUT2D eigenvalue weighted by Crippen LogP contribution is 2.15. The van der Waals surface area contributed by atoms with Crippen LogP contribution in [0.3, 0.4) is 0 Å². The number of hydrogen-bond donors (Lipinski definition) is 0. The maximum Gasteiger partial charge on any atom is 0.0220 e. The molecule has 1 aromatic carbocycles. The second-order valence-electron chi connectivity index (χ2n) is 5.27. The van der Waals surface area contributed by atoms with E-state index in [0.717, 1.165) is 19.0 Å². The van der Waals surface area contributed by atoms with E-state index in [1.54, 1.807) is 0 Å². The first-order chi connectivity index (χ1) is 8.25. The summed E-state index contributed by atoms with van der Waals surface area (Å²) in [6.45, 7) is 3.65. The molecule has 0 bridgehead atoms. The molecule has 1 saturated heterocycles. The maximum atomic E-state index is 2.50. The van der Waals surface area contributed by atoms with Crippen LogP contribution in [0.4, 0.5) is 0 Å². The summed E-state index contributed by atoms with van der Waals surface area (Å²) in [5.74, 6) is 0. The fourth-order valence-electron chi connectivity index (χ4n) is 2.63. The molecule has 0 unspecified atom stereocenters. The van der Waals surface area contributed by atoms with E-state index in [-0.39, 0.29) is 0 Å². The molecule has 2 heteroatoms. The van der Waals surface area contributed by atoms with Crippen LogP contribution in [0, 0.1) is 0 Å². The Bertz CT molecular complexity index is 323. The second-order valence-corrected chi connectivity index (χ2v) is 5.27. The summed E-state index contributed by atoms with van der Waals surface area (Å²) >= 11 is 0. The molecule has 0 spiro atoms. The van der Waals surface area contributed by atoms with Gasteiger partial charge in [0.1, 0.15) is 0 Å². The van der Waals surface area contributed by atoms with E-state index < -0.39 is 0 Å². The molecular weight excluding hydrogens is 208 g/mol. The highest BCUT2D eigenvalue weighted by molar-refractivity contribution is 5.14. The van der Waals surface area contributed by atoms with Gasteiger partial charge in [-0.2, -0.15) is 0 Å². The second kappa shape index (κ2) is 6.18. The molecule has 1 fully saturated rings. The van der Waals surface area contributed by atoms with Crippen LogP contribution in [0.25, 0.3) is 0 Å². The van der Waals surface area contributed by atoms with E-state index in [1.807, 2.05) is 0 Å². The van der Waals surface area contributed by atoms with Crippen molar-refractivity contribution in [2.45, 2.75) is 25.3 Å². The van der Waals surface area contributed by atoms with Gasteiger partial charge in [0.15, 0.2) is 0 Å². The van der Waals surface area contributed by atoms with Crippen molar-refractivity contribution in [3.8, 4) is 0 Å². The molecule has 0 amide bonds. The number of likely N-dealkylation sites (tertiary alicyclic amines) is 1. The molecule has 1 aliphatic rings. The SMILES string of the molecule is CN(CCc1ccccc1)C[C@@H]1CCCN1C. The minimum Gasteiger partial charge on any atom is -0.304 e. The van der Waals surface area contributed by atoms with E-state index in [2.05, 4.69) is 54.2 Å². The third-order valence-electron chi connectivity index (χ3n) is 3.82. The molecule has 1 aromatic rings. The van der Waals surface area contributed by atoms with E-state index in [4.69, 9.17) is 0 Å². The largest absolute Gasteiger partial charge is 0.304 e. The fourth-order valence-corrected chi connectivity index (χ4v) is 2.63. The lowest BCUT2D eigenvalue weighted by molar-refractivity contribution is 0.221. The van der Waals surface area contributed by atoms with Crippen molar-refractivity contribution in [2.24, 2.45) is 0 Å². The Balaban J connectivity index is 1.72. The lowest BCUT2D eigenvalue weighted by atomic mass is 10.1. The van der Waals surface area contributed by atoms with Gasteiger partial charge in [-0.3, -0.25) is 0 Å². The summed E-state index contributed by atoms with van der Waals surface area (Å²) in [7, 11) is 4.50. The average Bonchev–Trinajstić information content (AvgIpc) is 2.74. The summed E-state index contributed by atoms with van der Waals surface area (Å²) in [6.07, 6.45) is 3.90. The Morgan fingerprint density at radius 1 is 1.29 bits per heavy atom. The minimum absolute atomic E-state index is 0.774. The fraction of sp³-hybridized carbons (Fsp3) is 0.600. The van der Waals surface area contributed by atoms with Gasteiger partial charge in [-0.05, 0) is 45.5 Å². The van der Waals surface area contributed by atoms with E-state index in [1.165, 1.54) is 31.5 Å². The van der Waals surface area contributed by atoms with Crippen molar-refractivity contribution >= 4 is 0 Å². The Kier molecular flexibility index (Phi) is 4.57. The van der Waals surface area contributed by atoms with Gasteiger partial charge in [0.25, 0.3) is 0 Å². The van der Waals surface area contributed by atoms with E-state index in [9.17, 15) is 0 Å². The Morgan fingerprint density at radius 3 is 2.71 bits per heavy atom. The maximum absolute atomic E-state index is 2.50. The first kappa shape index (κ1) is 12.6. The third-order valence-corrected chi connectivity index (χ3v) is 3.82. The lowest BCUT2D eigenvalue weighted by Gasteiger charge is -2.25. The summed E-state index contributed by atoms with van der Waals surface area (Å²) in [5.41, 5.74) is 1.44. The first-order valence-electron chi connectivity index (χ1n) is 6.68. The van der Waals surface area contributed by atoms with Gasteiger partial charge in [0.05, 0.1) is 0 Å². The van der Waals surface area contributed by atoms with Gasteiger partial charge in [-0.1, -0.05) is 30.3 Å². The summed E-state index contributed by atoms with van der Waals surface area (Å²) < 4.78 is 0. The minimum atomic E-state index is 0.774. The Hall–Kier alpha value is -0.860. The summed E-state index contributed by atoms with van der Waals surface area (Å²) in [4.78, 5) is 4.97. The normalized spacial score (nSPS) is 21.2. The molecule has 0 aromatic heterocycles. The number of benzene rings is 1. The summed E-state index contributed by atoms with van der Waals surface area (Å²) in [6, 6.07) is 11.5.